The van der Waals surface area contributed by atoms with Crippen molar-refractivity contribution >= 4 is 16.7 Å². The summed E-state index contributed by atoms with van der Waals surface area (Å²) in [7, 11) is 0. The monoisotopic (exact) mass is 495 g/mol. The number of alkyl halides is 3. The van der Waals surface area contributed by atoms with Crippen LogP contribution in [0.1, 0.15) is 16.7 Å². The van der Waals surface area contributed by atoms with Crippen molar-refractivity contribution in [3.8, 4) is 11.6 Å². The Morgan fingerprint density at radius 3 is 2.51 bits per heavy atom. The molecule has 0 aliphatic rings. The summed E-state index contributed by atoms with van der Waals surface area (Å²) in [5.74, 6) is -3.91. The summed E-state index contributed by atoms with van der Waals surface area (Å²) in [6.45, 7) is 1.88. The molecule has 6 nitrogen and oxygen atoms in total. The molecule has 0 atom stereocenters. The lowest BCUT2D eigenvalue weighted by molar-refractivity contribution is -0.905. The van der Waals surface area contributed by atoms with Crippen molar-refractivity contribution in [2.24, 2.45) is 0 Å². The number of pyridine rings is 1. The Hall–Kier alpha value is -4.09. The van der Waals surface area contributed by atoms with Crippen molar-refractivity contribution in [2.45, 2.75) is 19.5 Å². The van der Waals surface area contributed by atoms with E-state index in [0.29, 0.717) is 34.9 Å². The van der Waals surface area contributed by atoms with Crippen LogP contribution in [-0.4, -0.2) is 21.7 Å². The zero-order valence-electron chi connectivity index (χ0n) is 18.0. The molecule has 0 saturated carbocycles. The Bertz CT molecular complexity index is 1410. The molecule has 2 aromatic heterocycles. The van der Waals surface area contributed by atoms with Crippen LogP contribution in [0.2, 0.25) is 0 Å². The minimum absolute atomic E-state index is 0.0698. The Kier molecular flexibility index (Phi) is 6.37. The van der Waals surface area contributed by atoms with Gasteiger partial charge < -0.3 is 10.1 Å². The third kappa shape index (κ3) is 5.05. The van der Waals surface area contributed by atoms with Gasteiger partial charge in [0.15, 0.2) is 17.5 Å². The van der Waals surface area contributed by atoms with Crippen molar-refractivity contribution < 1.29 is 41.0 Å². The van der Waals surface area contributed by atoms with Crippen molar-refractivity contribution in [2.75, 3.05) is 11.9 Å². The molecule has 0 aliphatic heterocycles. The number of aryl methyl sites for hydroxylation is 1. The molecule has 182 valence electrons. The maximum absolute atomic E-state index is 14.2. The number of fused-ring (bicyclic) bond motifs is 1. The summed E-state index contributed by atoms with van der Waals surface area (Å²) in [5.41, 5.74) is 0.0168. The van der Waals surface area contributed by atoms with Crippen LogP contribution in [0.3, 0.4) is 0 Å². The fourth-order valence-corrected chi connectivity index (χ4v) is 3.41. The number of nitrogens with zero attached hydrogens (tertiary/aromatic N) is 3. The molecule has 4 aromatic rings. The molecular formula is C23H17F6N4O2+. The van der Waals surface area contributed by atoms with Gasteiger partial charge in [-0.25, -0.2) is 23.1 Å². The van der Waals surface area contributed by atoms with Crippen molar-refractivity contribution in [3.05, 3.63) is 83.1 Å². The highest BCUT2D eigenvalue weighted by Gasteiger charge is 2.33. The second-order valence-corrected chi connectivity index (χ2v) is 7.57. The number of ether oxygens (including phenoxy) is 1. The lowest BCUT2D eigenvalue weighted by Crippen LogP contribution is -2.32. The molecule has 0 saturated heterocycles. The van der Waals surface area contributed by atoms with E-state index in [4.69, 9.17) is 4.74 Å². The van der Waals surface area contributed by atoms with Crippen molar-refractivity contribution in [1.82, 2.24) is 9.97 Å². The molecule has 0 fully saturated rings. The Labute approximate surface area is 194 Å². The Balaban J connectivity index is 1.48. The highest BCUT2D eigenvalue weighted by atomic mass is 19.4. The van der Waals surface area contributed by atoms with Crippen LogP contribution in [0.15, 0.2) is 48.9 Å². The van der Waals surface area contributed by atoms with Gasteiger partial charge in [0.05, 0.1) is 17.0 Å². The van der Waals surface area contributed by atoms with Crippen molar-refractivity contribution in [3.63, 3.8) is 0 Å². The molecule has 35 heavy (non-hydrogen) atoms. The first-order chi connectivity index (χ1) is 16.5. The van der Waals surface area contributed by atoms with E-state index in [-0.39, 0.29) is 23.6 Å². The van der Waals surface area contributed by atoms with Gasteiger partial charge in [0, 0.05) is 23.4 Å². The summed E-state index contributed by atoms with van der Waals surface area (Å²) in [4.78, 5) is 7.53. The molecule has 2 heterocycles. The average molecular weight is 495 g/mol. The molecule has 0 bridgehead atoms. The number of nitrogens with one attached hydrogen (secondary N) is 1. The summed E-state index contributed by atoms with van der Waals surface area (Å²) in [5, 5.41) is 12.2. The second-order valence-electron chi connectivity index (χ2n) is 7.57. The number of rotatable bonds is 6. The number of anilines is 1. The molecular weight excluding hydrogens is 478 g/mol. The zero-order chi connectivity index (χ0) is 25.3. The summed E-state index contributed by atoms with van der Waals surface area (Å²) >= 11 is 0. The maximum Gasteiger partial charge on any atom is 0.422 e. The first-order valence-electron chi connectivity index (χ1n) is 10.2. The quantitative estimate of drug-likeness (QED) is 0.163. The average Bonchev–Trinajstić information content (AvgIpc) is 2.79. The third-order valence-corrected chi connectivity index (χ3v) is 5.14. The number of halogens is 6. The first kappa shape index (κ1) is 24.0. The van der Waals surface area contributed by atoms with E-state index in [1.807, 2.05) is 0 Å². The molecule has 2 aromatic carbocycles. The number of hydrogen-bond donors (Lipinski definition) is 2. The molecule has 2 N–H and O–H groups in total. The van der Waals surface area contributed by atoms with Crippen molar-refractivity contribution in [1.29, 1.82) is 0 Å². The van der Waals surface area contributed by atoms with E-state index < -0.39 is 40.5 Å². The van der Waals surface area contributed by atoms with Crippen LogP contribution >= 0.6 is 0 Å². The lowest BCUT2D eigenvalue weighted by atomic mass is 10.1. The van der Waals surface area contributed by atoms with Crippen LogP contribution in [0.4, 0.5) is 32.2 Å². The normalized spacial score (nSPS) is 11.6. The highest BCUT2D eigenvalue weighted by Crippen LogP contribution is 2.32. The Morgan fingerprint density at radius 2 is 1.80 bits per heavy atom. The standard InChI is InChI=1S/C23H17F6N4O2/c1-12-8-13(2-3-17(12)35-18-9-14(23(27,28)29)5-7-33(18)34)4-6-30-22-19-20(26)15(24)10-16(25)21(19)31-11-32-22/h2-3,5,7-11,34H,4,6H2,1H3,(H,30,31,32)/q+1. The molecule has 12 heteroatoms. The fourth-order valence-electron chi connectivity index (χ4n) is 3.41. The molecule has 4 rings (SSSR count). The van der Waals surface area contributed by atoms with Crippen LogP contribution in [-0.2, 0) is 12.6 Å². The van der Waals surface area contributed by atoms with Gasteiger partial charge in [-0.05, 0) is 30.5 Å². The van der Waals surface area contributed by atoms with E-state index in [0.717, 1.165) is 18.1 Å². The predicted octanol–water partition coefficient (Wildman–Crippen LogP) is 5.35. The smallest absolute Gasteiger partial charge is 0.402 e. The lowest BCUT2D eigenvalue weighted by Gasteiger charge is -2.11. The van der Waals surface area contributed by atoms with Crippen LogP contribution < -0.4 is 14.8 Å². The zero-order valence-corrected chi connectivity index (χ0v) is 18.0. The van der Waals surface area contributed by atoms with Gasteiger partial charge in [0.2, 0.25) is 6.20 Å². The number of benzene rings is 2. The fraction of sp³-hybridized carbons (Fsp3) is 0.174. The third-order valence-electron chi connectivity index (χ3n) is 5.14. The second kappa shape index (κ2) is 9.28. The molecule has 0 amide bonds. The topological polar surface area (TPSA) is 71.2 Å². The summed E-state index contributed by atoms with van der Waals surface area (Å²) in [6, 6.07) is 6.69. The van der Waals surface area contributed by atoms with Gasteiger partial charge in [-0.15, -0.1) is 0 Å². The van der Waals surface area contributed by atoms with Crippen LogP contribution in [0, 0.1) is 24.4 Å². The van der Waals surface area contributed by atoms with Gasteiger partial charge in [-0.2, -0.15) is 13.2 Å². The van der Waals surface area contributed by atoms with Gasteiger partial charge in [-0.3, -0.25) is 5.21 Å². The summed E-state index contributed by atoms with van der Waals surface area (Å²) in [6.07, 6.45) is -2.36. The SMILES string of the molecule is Cc1cc(CCNc2ncnc3c(F)cc(F)c(F)c23)ccc1Oc1cc(C(F)(F)F)cc[n+]1O. The van der Waals surface area contributed by atoms with Gasteiger partial charge in [-0.1, -0.05) is 12.1 Å². The largest absolute Gasteiger partial charge is 0.422 e. The van der Waals surface area contributed by atoms with Gasteiger partial charge in [0.25, 0.3) is 0 Å². The molecule has 0 spiro atoms. The van der Waals surface area contributed by atoms with E-state index in [1.165, 1.54) is 6.07 Å². The highest BCUT2D eigenvalue weighted by molar-refractivity contribution is 5.89. The predicted molar refractivity (Wildman–Crippen MR) is 112 cm³/mol. The van der Waals surface area contributed by atoms with Crippen LogP contribution in [0.5, 0.6) is 11.6 Å². The van der Waals surface area contributed by atoms with Gasteiger partial charge in [0.1, 0.15) is 23.4 Å². The number of aromatic nitrogens is 3. The van der Waals surface area contributed by atoms with E-state index in [9.17, 15) is 31.5 Å². The molecule has 0 aliphatic carbocycles. The minimum Gasteiger partial charge on any atom is -0.402 e. The van der Waals surface area contributed by atoms with E-state index >= 15 is 0 Å². The maximum atomic E-state index is 14.2. The Morgan fingerprint density at radius 1 is 1.03 bits per heavy atom. The molecule has 0 radical (unpaired) electrons. The van der Waals surface area contributed by atoms with Gasteiger partial charge >= 0.3 is 12.1 Å². The number of hydrogen-bond acceptors (Lipinski definition) is 5. The van der Waals surface area contributed by atoms with E-state index in [1.54, 1.807) is 19.1 Å². The first-order valence-corrected chi connectivity index (χ1v) is 10.2. The summed E-state index contributed by atoms with van der Waals surface area (Å²) < 4.78 is 86.5. The van der Waals surface area contributed by atoms with E-state index in [2.05, 4.69) is 15.3 Å². The molecule has 0 unspecified atom stereocenters. The minimum atomic E-state index is -4.60. The van der Waals surface area contributed by atoms with Crippen LogP contribution in [0.25, 0.3) is 10.9 Å².